The lowest BCUT2D eigenvalue weighted by molar-refractivity contribution is -0.138. The average Bonchev–Trinajstić information content (AvgIpc) is 3.67. The minimum atomic E-state index is -1.07. The molecule has 0 bridgehead atoms. The summed E-state index contributed by atoms with van der Waals surface area (Å²) in [5, 5.41) is 19.6. The summed E-state index contributed by atoms with van der Waals surface area (Å²) in [7, 11) is 0. The molecule has 4 N–H and O–H groups in total. The Labute approximate surface area is 346 Å². The first-order valence-corrected chi connectivity index (χ1v) is 20.8. The predicted molar refractivity (Wildman–Crippen MR) is 214 cm³/mol. The molecule has 1 amide bonds. The minimum Gasteiger partial charge on any atom is -0.480 e. The van der Waals surface area contributed by atoms with E-state index in [0.29, 0.717) is 170 Å². The molecule has 19 nitrogen and oxygen atoms in total. The molecule has 0 saturated heterocycles. The SMILES string of the molecule is N[C@@H](Cc1cn(CCOCCOCCOCCOCCOCCOCCOCCOCCOCCOCCOCCNC(=O)CSCc2ccccc2)nn1)C(=O)O. The number of rotatable bonds is 43. The van der Waals surface area contributed by atoms with Gasteiger partial charge in [-0.2, -0.15) is 0 Å². The molecule has 0 fully saturated rings. The second-order valence-electron chi connectivity index (χ2n) is 12.2. The molecule has 1 aromatic carbocycles. The molecule has 0 unspecified atom stereocenters. The van der Waals surface area contributed by atoms with Gasteiger partial charge in [0, 0.05) is 24.9 Å². The molecule has 332 valence electrons. The Balaban J connectivity index is 1.15. The van der Waals surface area contributed by atoms with Crippen molar-refractivity contribution in [2.24, 2.45) is 5.73 Å². The van der Waals surface area contributed by atoms with Crippen LogP contribution in [0, 0.1) is 0 Å². The van der Waals surface area contributed by atoms with E-state index in [1.807, 2.05) is 18.2 Å². The number of thioether (sulfide) groups is 1. The number of carbonyl (C=O) groups excluding carboxylic acids is 1. The molecule has 1 heterocycles. The smallest absolute Gasteiger partial charge is 0.320 e. The lowest BCUT2D eigenvalue weighted by Gasteiger charge is -2.09. The lowest BCUT2D eigenvalue weighted by Crippen LogP contribution is -2.32. The Kier molecular flexibility index (Phi) is 34.0. The van der Waals surface area contributed by atoms with Gasteiger partial charge < -0.3 is 68.3 Å². The number of hydrogen-bond acceptors (Lipinski definition) is 17. The van der Waals surface area contributed by atoms with Gasteiger partial charge in [0.1, 0.15) is 6.04 Å². The van der Waals surface area contributed by atoms with Crippen LogP contribution in [0.1, 0.15) is 11.3 Å². The first kappa shape index (κ1) is 51.3. The normalized spacial score (nSPS) is 11.9. The van der Waals surface area contributed by atoms with Crippen molar-refractivity contribution in [2.75, 3.05) is 158 Å². The minimum absolute atomic E-state index is 0.0119. The second kappa shape index (κ2) is 38.4. The highest BCUT2D eigenvalue weighted by atomic mass is 32.2. The van der Waals surface area contributed by atoms with E-state index in [0.717, 1.165) is 5.75 Å². The number of carbonyl (C=O) groups is 2. The predicted octanol–water partition coefficient (Wildman–Crippen LogP) is 0.465. The van der Waals surface area contributed by atoms with Crippen LogP contribution in [0.25, 0.3) is 0 Å². The van der Waals surface area contributed by atoms with Gasteiger partial charge >= 0.3 is 5.97 Å². The van der Waals surface area contributed by atoms with Crippen LogP contribution in [0.2, 0.25) is 0 Å². The van der Waals surface area contributed by atoms with Crippen molar-refractivity contribution in [3.05, 3.63) is 47.8 Å². The quantitative estimate of drug-likeness (QED) is 0.0771. The Morgan fingerprint density at radius 1 is 0.621 bits per heavy atom. The van der Waals surface area contributed by atoms with Crippen LogP contribution in [0.15, 0.2) is 36.5 Å². The zero-order valence-electron chi connectivity index (χ0n) is 33.7. The summed E-state index contributed by atoms with van der Waals surface area (Å²) in [4.78, 5) is 22.7. The molecule has 2 rings (SSSR count). The van der Waals surface area contributed by atoms with Crippen molar-refractivity contribution in [1.29, 1.82) is 0 Å². The fourth-order valence-corrected chi connectivity index (χ4v) is 5.28. The summed E-state index contributed by atoms with van der Waals surface area (Å²) in [5.74, 6) is 0.187. The number of nitrogens with one attached hydrogen (secondary N) is 1. The molecule has 2 aromatic rings. The van der Waals surface area contributed by atoms with E-state index in [9.17, 15) is 9.59 Å². The van der Waals surface area contributed by atoms with Crippen LogP contribution in [-0.4, -0.2) is 196 Å². The van der Waals surface area contributed by atoms with Crippen molar-refractivity contribution in [3.63, 3.8) is 0 Å². The Morgan fingerprint density at radius 3 is 1.43 bits per heavy atom. The number of benzene rings is 1. The third kappa shape index (κ3) is 32.1. The number of carboxylic acid groups (broad SMARTS) is 1. The van der Waals surface area contributed by atoms with E-state index in [1.54, 1.807) is 22.6 Å². The fraction of sp³-hybridized carbons (Fsp3) is 0.737. The third-order valence-corrected chi connectivity index (χ3v) is 8.43. The maximum absolute atomic E-state index is 11.9. The zero-order chi connectivity index (χ0) is 41.4. The molecule has 0 radical (unpaired) electrons. The number of nitrogens with two attached hydrogens (primary N) is 1. The summed E-state index contributed by atoms with van der Waals surface area (Å²) >= 11 is 1.59. The fourth-order valence-electron chi connectivity index (χ4n) is 4.46. The Bertz CT molecular complexity index is 1240. The summed E-state index contributed by atoms with van der Waals surface area (Å²) in [6.07, 6.45) is 1.79. The number of nitrogens with zero attached hydrogens (tertiary/aromatic N) is 3. The Morgan fingerprint density at radius 2 is 1.02 bits per heavy atom. The number of aromatic nitrogens is 3. The van der Waals surface area contributed by atoms with Crippen LogP contribution in [0.5, 0.6) is 0 Å². The number of aliphatic carboxylic acids is 1. The molecule has 0 spiro atoms. The highest BCUT2D eigenvalue weighted by Crippen LogP contribution is 2.11. The van der Waals surface area contributed by atoms with E-state index in [2.05, 4.69) is 27.8 Å². The monoisotopic (exact) mass is 847 g/mol. The van der Waals surface area contributed by atoms with Crippen molar-refractivity contribution >= 4 is 23.6 Å². The highest BCUT2D eigenvalue weighted by Gasteiger charge is 2.14. The molecule has 0 aliphatic carbocycles. The number of ether oxygens (including phenoxy) is 11. The topological polar surface area (TPSA) is 225 Å². The van der Waals surface area contributed by atoms with Crippen molar-refractivity contribution in [2.45, 2.75) is 24.8 Å². The van der Waals surface area contributed by atoms with E-state index in [4.69, 9.17) is 62.9 Å². The molecular weight excluding hydrogens is 783 g/mol. The van der Waals surface area contributed by atoms with Gasteiger partial charge in [0.05, 0.1) is 163 Å². The van der Waals surface area contributed by atoms with Gasteiger partial charge in [-0.1, -0.05) is 35.5 Å². The van der Waals surface area contributed by atoms with E-state index in [-0.39, 0.29) is 12.3 Å². The third-order valence-electron chi connectivity index (χ3n) is 7.43. The molecule has 1 aromatic heterocycles. The molecule has 0 saturated carbocycles. The van der Waals surface area contributed by atoms with Crippen molar-refractivity contribution in [3.8, 4) is 0 Å². The van der Waals surface area contributed by atoms with Crippen LogP contribution in [0.3, 0.4) is 0 Å². The van der Waals surface area contributed by atoms with Gasteiger partial charge in [-0.25, -0.2) is 4.68 Å². The van der Waals surface area contributed by atoms with E-state index < -0.39 is 12.0 Å². The summed E-state index contributed by atoms with van der Waals surface area (Å²) < 4.78 is 62.0. The van der Waals surface area contributed by atoms with Gasteiger partial charge in [-0.15, -0.1) is 16.9 Å². The standard InChI is InChI=1S/C38H65N5O14S/c39-36(38(45)46)30-35-31-43(42-41-35)7-9-48-11-13-50-15-17-52-19-21-54-23-25-56-27-29-57-28-26-55-24-22-53-20-18-51-16-14-49-12-10-47-8-6-40-37(44)33-58-32-34-4-2-1-3-5-34/h1-5,31,36H,6-30,32-33,39H2,(H,40,44)(H,45,46)/t36-/m0/s1. The maximum Gasteiger partial charge on any atom is 0.320 e. The number of amides is 1. The molecule has 20 heteroatoms. The molecule has 1 atom stereocenters. The number of carboxylic acids is 1. The summed E-state index contributed by atoms with van der Waals surface area (Å²) in [6, 6.07) is 9.09. The summed E-state index contributed by atoms with van der Waals surface area (Å²) in [6.45, 7) is 11.2. The first-order valence-electron chi connectivity index (χ1n) is 19.7. The zero-order valence-corrected chi connectivity index (χ0v) is 34.5. The summed E-state index contributed by atoms with van der Waals surface area (Å²) in [5.41, 5.74) is 7.24. The van der Waals surface area contributed by atoms with E-state index in [1.165, 1.54) is 5.56 Å². The van der Waals surface area contributed by atoms with E-state index >= 15 is 0 Å². The molecule has 58 heavy (non-hydrogen) atoms. The first-order chi connectivity index (χ1) is 28.5. The van der Waals surface area contributed by atoms with Gasteiger partial charge in [0.25, 0.3) is 0 Å². The largest absolute Gasteiger partial charge is 0.480 e. The van der Waals surface area contributed by atoms with Crippen molar-refractivity contribution in [1.82, 2.24) is 20.3 Å². The van der Waals surface area contributed by atoms with Crippen LogP contribution in [0.4, 0.5) is 0 Å². The van der Waals surface area contributed by atoms with Crippen molar-refractivity contribution < 1.29 is 66.8 Å². The highest BCUT2D eigenvalue weighted by molar-refractivity contribution is 7.99. The van der Waals surface area contributed by atoms with Gasteiger partial charge in [0.15, 0.2) is 0 Å². The molecule has 0 aliphatic heterocycles. The van der Waals surface area contributed by atoms with Gasteiger partial charge in [-0.05, 0) is 5.56 Å². The second-order valence-corrected chi connectivity index (χ2v) is 13.2. The molecular formula is C38H65N5O14S. The van der Waals surface area contributed by atoms with Gasteiger partial charge in [0.2, 0.25) is 5.91 Å². The van der Waals surface area contributed by atoms with Crippen LogP contribution >= 0.6 is 11.8 Å². The van der Waals surface area contributed by atoms with Crippen LogP contribution < -0.4 is 11.1 Å². The lowest BCUT2D eigenvalue weighted by atomic mass is 10.2. The number of hydrogen-bond donors (Lipinski definition) is 3. The van der Waals surface area contributed by atoms with Gasteiger partial charge in [-0.3, -0.25) is 9.59 Å². The Hall–Kier alpha value is -2.83. The van der Waals surface area contributed by atoms with Crippen LogP contribution in [-0.2, 0) is 80.4 Å². The molecule has 0 aliphatic rings. The average molecular weight is 848 g/mol. The maximum atomic E-state index is 11.9.